The highest BCUT2D eigenvalue weighted by Crippen LogP contribution is 2.27. The Kier molecular flexibility index (Phi) is 7.49. The second kappa shape index (κ2) is 10.1. The van der Waals surface area contributed by atoms with Crippen LogP contribution in [0.15, 0.2) is 41.5 Å². The monoisotopic (exact) mass is 372 g/mol. The van der Waals surface area contributed by atoms with Gasteiger partial charge in [0.1, 0.15) is 11.5 Å². The van der Waals surface area contributed by atoms with Crippen LogP contribution in [0.5, 0.6) is 23.0 Å². The van der Waals surface area contributed by atoms with Gasteiger partial charge in [-0.05, 0) is 42.3 Å². The topological polar surface area (TPSA) is 78.4 Å². The normalized spacial score (nSPS) is 10.5. The van der Waals surface area contributed by atoms with Gasteiger partial charge in [0.15, 0.2) is 11.5 Å². The minimum Gasteiger partial charge on any atom is -0.497 e. The lowest BCUT2D eigenvalue weighted by molar-refractivity contribution is 0.0954. The first kappa shape index (κ1) is 20.1. The van der Waals surface area contributed by atoms with Crippen LogP contribution in [0.25, 0.3) is 0 Å². The molecule has 0 fully saturated rings. The number of carbonyl (C=O) groups is 1. The van der Waals surface area contributed by atoms with E-state index in [0.717, 1.165) is 12.0 Å². The lowest BCUT2D eigenvalue weighted by Gasteiger charge is -2.10. The molecule has 1 amide bonds. The van der Waals surface area contributed by atoms with E-state index in [0.29, 0.717) is 35.2 Å². The standard InChI is InChI=1S/C20H24N2O5/c1-5-8-27-18-7-6-14(9-19(18)26-4)13-21-22-20(23)15-10-16(24-2)12-17(11-15)25-3/h6-7,9-13H,5,8H2,1-4H3,(H,22,23)/b21-13-. The van der Waals surface area contributed by atoms with Gasteiger partial charge in [-0.3, -0.25) is 4.79 Å². The number of carbonyl (C=O) groups excluding carboxylic acids is 1. The quantitative estimate of drug-likeness (QED) is 0.540. The van der Waals surface area contributed by atoms with Crippen LogP contribution in [0, 0.1) is 0 Å². The highest BCUT2D eigenvalue weighted by Gasteiger charge is 2.09. The third kappa shape index (κ3) is 5.64. The van der Waals surface area contributed by atoms with Crippen molar-refractivity contribution < 1.29 is 23.7 Å². The van der Waals surface area contributed by atoms with E-state index in [2.05, 4.69) is 10.5 Å². The molecule has 0 saturated heterocycles. The number of rotatable bonds is 9. The Morgan fingerprint density at radius 2 is 1.70 bits per heavy atom. The Hall–Kier alpha value is -3.22. The maximum atomic E-state index is 12.3. The molecule has 0 spiro atoms. The van der Waals surface area contributed by atoms with Gasteiger partial charge in [-0.1, -0.05) is 6.92 Å². The zero-order valence-corrected chi connectivity index (χ0v) is 15.9. The maximum absolute atomic E-state index is 12.3. The summed E-state index contributed by atoms with van der Waals surface area (Å²) in [5, 5.41) is 3.99. The van der Waals surface area contributed by atoms with Crippen molar-refractivity contribution in [2.75, 3.05) is 27.9 Å². The fourth-order valence-corrected chi connectivity index (χ4v) is 2.26. The Balaban J connectivity index is 2.07. The smallest absolute Gasteiger partial charge is 0.271 e. The molecule has 1 N–H and O–H groups in total. The second-order valence-electron chi connectivity index (χ2n) is 5.56. The van der Waals surface area contributed by atoms with Crippen molar-refractivity contribution in [2.45, 2.75) is 13.3 Å². The van der Waals surface area contributed by atoms with Gasteiger partial charge in [0.25, 0.3) is 5.91 Å². The van der Waals surface area contributed by atoms with Crippen LogP contribution >= 0.6 is 0 Å². The largest absolute Gasteiger partial charge is 0.497 e. The average Bonchev–Trinajstić information content (AvgIpc) is 2.71. The number of ether oxygens (including phenoxy) is 4. The molecular formula is C20H24N2O5. The van der Waals surface area contributed by atoms with E-state index < -0.39 is 0 Å². The predicted molar refractivity (Wildman–Crippen MR) is 103 cm³/mol. The Morgan fingerprint density at radius 1 is 1.00 bits per heavy atom. The fraction of sp³-hybridized carbons (Fsp3) is 0.300. The van der Waals surface area contributed by atoms with Gasteiger partial charge in [-0.15, -0.1) is 0 Å². The predicted octanol–water partition coefficient (Wildman–Crippen LogP) is 3.27. The summed E-state index contributed by atoms with van der Waals surface area (Å²) in [5.41, 5.74) is 3.63. The number of nitrogens with one attached hydrogen (secondary N) is 1. The number of hydrogen-bond donors (Lipinski definition) is 1. The molecule has 0 atom stereocenters. The molecule has 0 heterocycles. The van der Waals surface area contributed by atoms with Crippen molar-refractivity contribution in [3.05, 3.63) is 47.5 Å². The van der Waals surface area contributed by atoms with Crippen molar-refractivity contribution >= 4 is 12.1 Å². The number of methoxy groups -OCH3 is 3. The molecule has 0 bridgehead atoms. The minimum atomic E-state index is -0.377. The first-order valence-electron chi connectivity index (χ1n) is 8.48. The Labute approximate surface area is 158 Å². The highest BCUT2D eigenvalue weighted by atomic mass is 16.5. The number of amides is 1. The highest BCUT2D eigenvalue weighted by molar-refractivity contribution is 5.95. The zero-order valence-electron chi connectivity index (χ0n) is 15.9. The van der Waals surface area contributed by atoms with Crippen LogP contribution in [0.2, 0.25) is 0 Å². The number of benzene rings is 2. The van der Waals surface area contributed by atoms with Crippen molar-refractivity contribution in [2.24, 2.45) is 5.10 Å². The minimum absolute atomic E-state index is 0.377. The molecule has 0 aliphatic heterocycles. The van der Waals surface area contributed by atoms with Crippen molar-refractivity contribution in [3.8, 4) is 23.0 Å². The molecule has 0 aliphatic rings. The van der Waals surface area contributed by atoms with Gasteiger partial charge in [0, 0.05) is 11.6 Å². The van der Waals surface area contributed by atoms with Crippen LogP contribution in [-0.4, -0.2) is 40.1 Å². The van der Waals surface area contributed by atoms with E-state index in [1.54, 1.807) is 31.4 Å². The van der Waals surface area contributed by atoms with Crippen LogP contribution < -0.4 is 24.4 Å². The van der Waals surface area contributed by atoms with Gasteiger partial charge in [0.2, 0.25) is 0 Å². The molecule has 7 heteroatoms. The summed E-state index contributed by atoms with van der Waals surface area (Å²) in [7, 11) is 4.62. The molecule has 7 nitrogen and oxygen atoms in total. The summed E-state index contributed by atoms with van der Waals surface area (Å²) >= 11 is 0. The van der Waals surface area contributed by atoms with E-state index in [-0.39, 0.29) is 5.91 Å². The molecular weight excluding hydrogens is 348 g/mol. The van der Waals surface area contributed by atoms with E-state index >= 15 is 0 Å². The maximum Gasteiger partial charge on any atom is 0.271 e. The van der Waals surface area contributed by atoms with Crippen molar-refractivity contribution in [1.82, 2.24) is 5.43 Å². The van der Waals surface area contributed by atoms with Crippen molar-refractivity contribution in [3.63, 3.8) is 0 Å². The summed E-state index contributed by atoms with van der Waals surface area (Å²) in [5.74, 6) is 1.95. The SMILES string of the molecule is CCCOc1ccc(/C=N\NC(=O)c2cc(OC)cc(OC)c2)cc1OC. The summed E-state index contributed by atoms with van der Waals surface area (Å²) < 4.78 is 21.3. The summed E-state index contributed by atoms with van der Waals surface area (Å²) in [4.78, 5) is 12.3. The van der Waals surface area contributed by atoms with Gasteiger partial charge in [-0.2, -0.15) is 5.10 Å². The molecule has 2 rings (SSSR count). The van der Waals surface area contributed by atoms with Gasteiger partial charge in [0.05, 0.1) is 34.2 Å². The number of hydrogen-bond acceptors (Lipinski definition) is 6. The first-order chi connectivity index (χ1) is 13.1. The summed E-state index contributed by atoms with van der Waals surface area (Å²) in [6.07, 6.45) is 2.44. The number of hydrazone groups is 1. The van der Waals surface area contributed by atoms with Crippen LogP contribution in [0.4, 0.5) is 0 Å². The molecule has 27 heavy (non-hydrogen) atoms. The van der Waals surface area contributed by atoms with Gasteiger partial charge < -0.3 is 18.9 Å². The number of nitrogens with zero attached hydrogens (tertiary/aromatic N) is 1. The molecule has 144 valence electrons. The molecule has 2 aromatic carbocycles. The third-order valence-corrected chi connectivity index (χ3v) is 3.64. The lowest BCUT2D eigenvalue weighted by Crippen LogP contribution is -2.17. The fourth-order valence-electron chi connectivity index (χ4n) is 2.26. The molecule has 0 unspecified atom stereocenters. The third-order valence-electron chi connectivity index (χ3n) is 3.64. The summed E-state index contributed by atoms with van der Waals surface area (Å²) in [6, 6.07) is 10.3. The van der Waals surface area contributed by atoms with Gasteiger partial charge >= 0.3 is 0 Å². The average molecular weight is 372 g/mol. The Bertz CT molecular complexity index is 783. The molecule has 0 radical (unpaired) electrons. The van der Waals surface area contributed by atoms with E-state index in [1.807, 2.05) is 19.1 Å². The zero-order chi connectivity index (χ0) is 19.6. The van der Waals surface area contributed by atoms with Crippen LogP contribution in [0.3, 0.4) is 0 Å². The molecule has 0 aromatic heterocycles. The molecule has 0 saturated carbocycles. The van der Waals surface area contributed by atoms with Crippen molar-refractivity contribution in [1.29, 1.82) is 0 Å². The Morgan fingerprint density at radius 3 is 2.30 bits per heavy atom. The first-order valence-corrected chi connectivity index (χ1v) is 8.48. The van der Waals surface area contributed by atoms with Crippen LogP contribution in [0.1, 0.15) is 29.3 Å². The molecule has 2 aromatic rings. The van der Waals surface area contributed by atoms with Gasteiger partial charge in [-0.25, -0.2) is 5.43 Å². The summed E-state index contributed by atoms with van der Waals surface area (Å²) in [6.45, 7) is 2.65. The second-order valence-corrected chi connectivity index (χ2v) is 5.56. The van der Waals surface area contributed by atoms with Crippen LogP contribution in [-0.2, 0) is 0 Å². The van der Waals surface area contributed by atoms with E-state index in [4.69, 9.17) is 18.9 Å². The lowest BCUT2D eigenvalue weighted by atomic mass is 10.2. The molecule has 0 aliphatic carbocycles. The van der Waals surface area contributed by atoms with E-state index in [9.17, 15) is 4.79 Å². The van der Waals surface area contributed by atoms with E-state index in [1.165, 1.54) is 20.4 Å².